The van der Waals surface area contributed by atoms with Crippen molar-refractivity contribution in [2.24, 2.45) is 0 Å². The van der Waals surface area contributed by atoms with E-state index in [0.29, 0.717) is 13.1 Å². The highest BCUT2D eigenvalue weighted by Crippen LogP contribution is 2.29. The standard InChI is InChI=1S/C21H33N3O4/c1-16-11-19(26-2)20(27-3)12-17(16)14-23-6-8-24(9-7-23)15-21(25)22-13-18-5-4-10-28-18/h11-12,18H,4-10,13-15H2,1-3H3,(H,22,25)/p+2/t18-/m1/s1. The molecule has 0 radical (unpaired) electrons. The number of quaternary nitrogens is 2. The van der Waals surface area contributed by atoms with Crippen molar-refractivity contribution in [1.29, 1.82) is 0 Å². The number of methoxy groups -OCH3 is 2. The van der Waals surface area contributed by atoms with Crippen LogP contribution in [0.15, 0.2) is 12.1 Å². The highest BCUT2D eigenvalue weighted by Gasteiger charge is 2.26. The van der Waals surface area contributed by atoms with E-state index >= 15 is 0 Å². The van der Waals surface area contributed by atoms with E-state index in [4.69, 9.17) is 14.2 Å². The predicted molar refractivity (Wildman–Crippen MR) is 106 cm³/mol. The highest BCUT2D eigenvalue weighted by atomic mass is 16.5. The maximum absolute atomic E-state index is 12.2. The molecule has 1 atom stereocenters. The number of benzene rings is 1. The lowest BCUT2D eigenvalue weighted by Gasteiger charge is -2.30. The molecule has 7 nitrogen and oxygen atoms in total. The summed E-state index contributed by atoms with van der Waals surface area (Å²) in [5.74, 6) is 1.71. The molecule has 2 aliphatic heterocycles. The maximum Gasteiger partial charge on any atom is 0.275 e. The van der Waals surface area contributed by atoms with E-state index in [1.54, 1.807) is 19.1 Å². The van der Waals surface area contributed by atoms with Crippen molar-refractivity contribution >= 4 is 5.91 Å². The van der Waals surface area contributed by atoms with Crippen LogP contribution in [0.3, 0.4) is 0 Å². The SMILES string of the molecule is COc1cc(C)c(C[NH+]2CC[NH+](CC(=O)NC[C@H]3CCCO3)CC2)cc1OC. The van der Waals surface area contributed by atoms with E-state index in [1.165, 1.54) is 16.0 Å². The normalized spacial score (nSPS) is 24.8. The summed E-state index contributed by atoms with van der Waals surface area (Å²) in [5.41, 5.74) is 2.53. The smallest absolute Gasteiger partial charge is 0.275 e. The van der Waals surface area contributed by atoms with Crippen LogP contribution in [0, 0.1) is 6.92 Å². The van der Waals surface area contributed by atoms with Crippen molar-refractivity contribution in [3.05, 3.63) is 23.3 Å². The molecule has 0 spiro atoms. The molecule has 1 amide bonds. The summed E-state index contributed by atoms with van der Waals surface area (Å²) in [7, 11) is 3.34. The molecule has 7 heteroatoms. The topological polar surface area (TPSA) is 65.7 Å². The van der Waals surface area contributed by atoms with Crippen LogP contribution in [0.1, 0.15) is 24.0 Å². The lowest BCUT2D eigenvalue weighted by atomic mass is 10.1. The molecular weight excluding hydrogens is 358 g/mol. The second-order valence-corrected chi connectivity index (χ2v) is 7.93. The zero-order valence-corrected chi connectivity index (χ0v) is 17.4. The van der Waals surface area contributed by atoms with Gasteiger partial charge in [-0.1, -0.05) is 0 Å². The second-order valence-electron chi connectivity index (χ2n) is 7.93. The molecule has 3 N–H and O–H groups in total. The number of hydrogen-bond donors (Lipinski definition) is 3. The Morgan fingerprint density at radius 3 is 2.46 bits per heavy atom. The number of carbonyl (C=O) groups is 1. The van der Waals surface area contributed by atoms with Gasteiger partial charge in [0, 0.05) is 18.7 Å². The maximum atomic E-state index is 12.2. The number of carbonyl (C=O) groups excluding carboxylic acids is 1. The molecule has 2 aliphatic rings. The van der Waals surface area contributed by atoms with Crippen LogP contribution < -0.4 is 24.6 Å². The van der Waals surface area contributed by atoms with Crippen LogP contribution >= 0.6 is 0 Å². The van der Waals surface area contributed by atoms with E-state index in [9.17, 15) is 4.79 Å². The molecule has 2 heterocycles. The minimum Gasteiger partial charge on any atom is -0.493 e. The van der Waals surface area contributed by atoms with Gasteiger partial charge < -0.3 is 29.3 Å². The quantitative estimate of drug-likeness (QED) is 0.508. The van der Waals surface area contributed by atoms with Crippen molar-refractivity contribution in [1.82, 2.24) is 5.32 Å². The van der Waals surface area contributed by atoms with Gasteiger partial charge in [0.2, 0.25) is 0 Å². The molecule has 0 saturated carbocycles. The van der Waals surface area contributed by atoms with Crippen LogP contribution in [-0.2, 0) is 16.1 Å². The molecule has 156 valence electrons. The third kappa shape index (κ3) is 5.59. The molecule has 0 unspecified atom stereocenters. The van der Waals surface area contributed by atoms with Gasteiger partial charge in [-0.25, -0.2) is 0 Å². The van der Waals surface area contributed by atoms with Crippen molar-refractivity contribution in [2.45, 2.75) is 32.4 Å². The number of nitrogens with one attached hydrogen (secondary N) is 3. The molecule has 1 aromatic rings. The number of amides is 1. The molecular formula is C21H35N3O4+2. The third-order valence-electron chi connectivity index (χ3n) is 5.91. The summed E-state index contributed by atoms with van der Waals surface area (Å²) in [5, 5.41) is 3.04. The number of ether oxygens (including phenoxy) is 3. The Bertz CT molecular complexity index is 653. The summed E-state index contributed by atoms with van der Waals surface area (Å²) >= 11 is 0. The summed E-state index contributed by atoms with van der Waals surface area (Å²) in [6.07, 6.45) is 2.38. The van der Waals surface area contributed by atoms with Gasteiger partial charge in [0.25, 0.3) is 5.91 Å². The molecule has 0 aliphatic carbocycles. The summed E-state index contributed by atoms with van der Waals surface area (Å²) in [4.78, 5) is 15.1. The Morgan fingerprint density at radius 1 is 1.14 bits per heavy atom. The van der Waals surface area contributed by atoms with Gasteiger partial charge in [-0.3, -0.25) is 4.79 Å². The van der Waals surface area contributed by atoms with Crippen LogP contribution in [-0.4, -0.2) is 72.1 Å². The van der Waals surface area contributed by atoms with E-state index in [2.05, 4.69) is 18.3 Å². The Hall–Kier alpha value is -1.83. The van der Waals surface area contributed by atoms with Gasteiger partial charge in [0.15, 0.2) is 18.0 Å². The van der Waals surface area contributed by atoms with Crippen LogP contribution in [0.25, 0.3) is 0 Å². The predicted octanol–water partition coefficient (Wildman–Crippen LogP) is -1.41. The molecule has 28 heavy (non-hydrogen) atoms. The van der Waals surface area contributed by atoms with Gasteiger partial charge in [0.05, 0.1) is 20.3 Å². The average Bonchev–Trinajstić information content (AvgIpc) is 3.22. The highest BCUT2D eigenvalue weighted by molar-refractivity contribution is 5.76. The first-order valence-corrected chi connectivity index (χ1v) is 10.4. The summed E-state index contributed by atoms with van der Waals surface area (Å²) < 4.78 is 16.4. The first kappa shape index (κ1) is 20.9. The van der Waals surface area contributed by atoms with Gasteiger partial charge in [-0.2, -0.15) is 0 Å². The zero-order chi connectivity index (χ0) is 19.9. The summed E-state index contributed by atoms with van der Waals surface area (Å²) in [6.45, 7) is 9.34. The first-order valence-electron chi connectivity index (χ1n) is 10.4. The number of piperazine rings is 1. The average molecular weight is 394 g/mol. The molecule has 0 aromatic heterocycles. The second kappa shape index (κ2) is 10.1. The molecule has 2 fully saturated rings. The fourth-order valence-corrected chi connectivity index (χ4v) is 4.12. The largest absolute Gasteiger partial charge is 0.493 e. The van der Waals surface area contributed by atoms with Crippen molar-refractivity contribution < 1.29 is 28.8 Å². The van der Waals surface area contributed by atoms with Crippen molar-refractivity contribution in [3.8, 4) is 11.5 Å². The fourth-order valence-electron chi connectivity index (χ4n) is 4.12. The molecule has 0 bridgehead atoms. The molecule has 2 saturated heterocycles. The lowest BCUT2D eigenvalue weighted by molar-refractivity contribution is -1.02. The van der Waals surface area contributed by atoms with Crippen LogP contribution in [0.2, 0.25) is 0 Å². The van der Waals surface area contributed by atoms with Gasteiger partial charge in [0.1, 0.15) is 32.7 Å². The Kier molecular flexibility index (Phi) is 7.53. The zero-order valence-electron chi connectivity index (χ0n) is 17.4. The van der Waals surface area contributed by atoms with E-state index in [1.807, 2.05) is 6.07 Å². The van der Waals surface area contributed by atoms with Gasteiger partial charge in [-0.15, -0.1) is 0 Å². The van der Waals surface area contributed by atoms with Crippen molar-refractivity contribution in [3.63, 3.8) is 0 Å². The lowest BCUT2D eigenvalue weighted by Crippen LogP contribution is -3.28. The Labute approximate surface area is 167 Å². The minimum atomic E-state index is 0.143. The molecule has 3 rings (SSSR count). The first-order chi connectivity index (χ1) is 13.6. The van der Waals surface area contributed by atoms with Crippen LogP contribution in [0.4, 0.5) is 0 Å². The third-order valence-corrected chi connectivity index (χ3v) is 5.91. The van der Waals surface area contributed by atoms with Crippen molar-refractivity contribution in [2.75, 3.05) is 60.1 Å². The van der Waals surface area contributed by atoms with E-state index in [0.717, 1.165) is 63.7 Å². The molecule has 1 aromatic carbocycles. The minimum absolute atomic E-state index is 0.143. The number of hydrogen-bond acceptors (Lipinski definition) is 4. The summed E-state index contributed by atoms with van der Waals surface area (Å²) in [6, 6.07) is 4.15. The van der Waals surface area contributed by atoms with Crippen LogP contribution in [0.5, 0.6) is 11.5 Å². The van der Waals surface area contributed by atoms with Gasteiger partial charge in [-0.05, 0) is 37.5 Å². The Balaban J connectivity index is 1.43. The van der Waals surface area contributed by atoms with E-state index < -0.39 is 0 Å². The fraction of sp³-hybridized carbons (Fsp3) is 0.667. The number of aryl methyl sites for hydroxylation is 1. The number of rotatable bonds is 8. The van der Waals surface area contributed by atoms with E-state index in [-0.39, 0.29) is 12.0 Å². The monoisotopic (exact) mass is 393 g/mol. The Morgan fingerprint density at radius 2 is 1.82 bits per heavy atom. The van der Waals surface area contributed by atoms with Gasteiger partial charge >= 0.3 is 0 Å².